The highest BCUT2D eigenvalue weighted by Crippen LogP contribution is 2.25. The molecule has 0 bridgehead atoms. The lowest BCUT2D eigenvalue weighted by molar-refractivity contribution is 0.0944. The number of nitrogens with one attached hydrogen (secondary N) is 2. The largest absolute Gasteiger partial charge is 0.457 e. The molecular formula is C26H24N2O5. The summed E-state index contributed by atoms with van der Waals surface area (Å²) in [5.41, 5.74) is 1.78. The van der Waals surface area contributed by atoms with Gasteiger partial charge in [0.1, 0.15) is 11.5 Å². The second-order valence-electron chi connectivity index (χ2n) is 7.53. The smallest absolute Gasteiger partial charge is 0.256 e. The van der Waals surface area contributed by atoms with Crippen molar-refractivity contribution in [2.75, 3.05) is 12.4 Å². The molecule has 0 heterocycles. The van der Waals surface area contributed by atoms with Crippen molar-refractivity contribution < 1.29 is 23.9 Å². The van der Waals surface area contributed by atoms with Gasteiger partial charge >= 0.3 is 0 Å². The van der Waals surface area contributed by atoms with Gasteiger partial charge in [-0.2, -0.15) is 0 Å². The third-order valence-electron chi connectivity index (χ3n) is 5.00. The summed E-state index contributed by atoms with van der Waals surface area (Å²) in [7, 11) is 1.42. The number of anilines is 1. The van der Waals surface area contributed by atoms with Crippen molar-refractivity contribution in [1.29, 1.82) is 0 Å². The molecule has 2 N–H and O–H groups in total. The topological polar surface area (TPSA) is 102 Å². The Balaban J connectivity index is 1.86. The number of hydrogen-bond donors (Lipinski definition) is 2. The van der Waals surface area contributed by atoms with Crippen LogP contribution in [-0.2, 0) is 0 Å². The van der Waals surface area contributed by atoms with Gasteiger partial charge in [0.05, 0.1) is 11.1 Å². The molecule has 2 amide bonds. The lowest BCUT2D eigenvalue weighted by atomic mass is 9.93. The first-order chi connectivity index (χ1) is 15.7. The van der Waals surface area contributed by atoms with E-state index in [-0.39, 0.29) is 22.3 Å². The van der Waals surface area contributed by atoms with Gasteiger partial charge < -0.3 is 15.4 Å². The zero-order valence-electron chi connectivity index (χ0n) is 18.8. The summed E-state index contributed by atoms with van der Waals surface area (Å²) >= 11 is 0. The van der Waals surface area contributed by atoms with Gasteiger partial charge in [-0.3, -0.25) is 19.2 Å². The van der Waals surface area contributed by atoms with E-state index in [0.29, 0.717) is 17.2 Å². The van der Waals surface area contributed by atoms with Crippen LogP contribution in [0.3, 0.4) is 0 Å². The van der Waals surface area contributed by atoms with Crippen LogP contribution in [0.25, 0.3) is 0 Å². The van der Waals surface area contributed by atoms with E-state index in [1.807, 2.05) is 31.2 Å². The summed E-state index contributed by atoms with van der Waals surface area (Å²) in [5, 5.41) is 5.16. The highest BCUT2D eigenvalue weighted by atomic mass is 16.5. The second-order valence-corrected chi connectivity index (χ2v) is 7.53. The maximum atomic E-state index is 13.0. The Bertz CT molecular complexity index is 1230. The van der Waals surface area contributed by atoms with Crippen LogP contribution in [-0.4, -0.2) is 30.4 Å². The van der Waals surface area contributed by atoms with Crippen molar-refractivity contribution in [3.8, 4) is 11.5 Å². The third kappa shape index (κ3) is 5.51. The minimum atomic E-state index is -0.571. The molecule has 3 aromatic rings. The van der Waals surface area contributed by atoms with E-state index in [9.17, 15) is 19.2 Å². The standard InChI is InChI=1S/C26H24N2O5/c1-15-5-9-19(10-6-15)33-20-11-7-18(8-12-20)28-26(32)24-14-21(16(2)29)23(25(31)27-4)13-22(24)17(3)30/h5-14H,1-4H3,(H,27,31)(H,28,32). The normalized spacial score (nSPS) is 10.3. The molecule has 0 aliphatic heterocycles. The van der Waals surface area contributed by atoms with Gasteiger partial charge in [-0.1, -0.05) is 17.7 Å². The Morgan fingerprint density at radius 3 is 1.58 bits per heavy atom. The quantitative estimate of drug-likeness (QED) is 0.510. The first-order valence-electron chi connectivity index (χ1n) is 10.3. The van der Waals surface area contributed by atoms with Crippen LogP contribution >= 0.6 is 0 Å². The fourth-order valence-corrected chi connectivity index (χ4v) is 3.24. The summed E-state index contributed by atoms with van der Waals surface area (Å²) in [6.45, 7) is 4.58. The molecule has 0 aliphatic rings. The van der Waals surface area contributed by atoms with E-state index in [2.05, 4.69) is 10.6 Å². The summed E-state index contributed by atoms with van der Waals surface area (Å²) in [5.74, 6) is -0.596. The highest BCUT2D eigenvalue weighted by molar-refractivity contribution is 6.16. The molecule has 168 valence electrons. The van der Waals surface area contributed by atoms with Crippen molar-refractivity contribution >= 4 is 29.1 Å². The zero-order chi connectivity index (χ0) is 24.1. The third-order valence-corrected chi connectivity index (χ3v) is 5.00. The Morgan fingerprint density at radius 1 is 0.667 bits per heavy atom. The molecule has 0 spiro atoms. The van der Waals surface area contributed by atoms with Crippen molar-refractivity contribution in [3.63, 3.8) is 0 Å². The van der Waals surface area contributed by atoms with E-state index in [0.717, 1.165) is 5.56 Å². The van der Waals surface area contributed by atoms with Crippen molar-refractivity contribution in [3.05, 3.63) is 88.5 Å². The number of rotatable bonds is 7. The number of aryl methyl sites for hydroxylation is 1. The molecule has 0 radical (unpaired) electrons. The molecule has 3 aromatic carbocycles. The number of ketones is 2. The van der Waals surface area contributed by atoms with Gasteiger partial charge in [-0.05, 0) is 69.3 Å². The minimum absolute atomic E-state index is 0.0142. The summed E-state index contributed by atoms with van der Waals surface area (Å²) in [6.07, 6.45) is 0. The number of ether oxygens (including phenoxy) is 1. The van der Waals surface area contributed by atoms with Crippen LogP contribution in [0, 0.1) is 6.92 Å². The molecule has 0 fully saturated rings. The van der Waals surface area contributed by atoms with Crippen LogP contribution in [0.1, 0.15) is 60.8 Å². The van der Waals surface area contributed by atoms with Gasteiger partial charge in [-0.25, -0.2) is 0 Å². The number of hydrogen-bond acceptors (Lipinski definition) is 5. The number of carbonyl (C=O) groups is 4. The molecule has 3 rings (SSSR count). The van der Waals surface area contributed by atoms with Crippen molar-refractivity contribution in [2.24, 2.45) is 0 Å². The van der Waals surface area contributed by atoms with Crippen LogP contribution in [0.5, 0.6) is 11.5 Å². The number of carbonyl (C=O) groups excluding carboxylic acids is 4. The SMILES string of the molecule is CNC(=O)c1cc(C(C)=O)c(C(=O)Nc2ccc(Oc3ccc(C)cc3)cc2)cc1C(C)=O. The first kappa shape index (κ1) is 23.4. The van der Waals surface area contributed by atoms with Crippen molar-refractivity contribution in [1.82, 2.24) is 5.32 Å². The lowest BCUT2D eigenvalue weighted by Crippen LogP contribution is -2.23. The first-order valence-corrected chi connectivity index (χ1v) is 10.3. The van der Waals surface area contributed by atoms with E-state index in [4.69, 9.17) is 4.74 Å². The predicted octanol–water partition coefficient (Wildman–Crippen LogP) is 4.80. The Morgan fingerprint density at radius 2 is 1.12 bits per heavy atom. The molecule has 0 saturated heterocycles. The van der Waals surface area contributed by atoms with E-state index in [1.165, 1.54) is 33.0 Å². The summed E-state index contributed by atoms with van der Waals surface area (Å²) < 4.78 is 5.78. The minimum Gasteiger partial charge on any atom is -0.457 e. The summed E-state index contributed by atoms with van der Waals surface area (Å²) in [6, 6.07) is 16.9. The highest BCUT2D eigenvalue weighted by Gasteiger charge is 2.23. The van der Waals surface area contributed by atoms with E-state index in [1.54, 1.807) is 24.3 Å². The maximum absolute atomic E-state index is 13.0. The fraction of sp³-hybridized carbons (Fsp3) is 0.154. The van der Waals surface area contributed by atoms with Crippen LogP contribution < -0.4 is 15.4 Å². The lowest BCUT2D eigenvalue weighted by Gasteiger charge is -2.14. The number of Topliss-reactive ketones (excluding diaryl/α,β-unsaturated/α-hetero) is 2. The second kappa shape index (κ2) is 9.91. The molecular weight excluding hydrogens is 420 g/mol. The zero-order valence-corrected chi connectivity index (χ0v) is 18.8. The van der Waals surface area contributed by atoms with Gasteiger partial charge in [0.2, 0.25) is 0 Å². The molecule has 0 unspecified atom stereocenters. The molecule has 0 saturated carbocycles. The van der Waals surface area contributed by atoms with Gasteiger partial charge in [0.25, 0.3) is 11.8 Å². The summed E-state index contributed by atoms with van der Waals surface area (Å²) in [4.78, 5) is 49.4. The monoisotopic (exact) mass is 444 g/mol. The Labute approximate surface area is 191 Å². The van der Waals surface area contributed by atoms with Crippen LogP contribution in [0.2, 0.25) is 0 Å². The molecule has 7 heteroatoms. The van der Waals surface area contributed by atoms with Gasteiger partial charge in [0.15, 0.2) is 11.6 Å². The van der Waals surface area contributed by atoms with Crippen LogP contribution in [0.15, 0.2) is 60.7 Å². The molecule has 0 aromatic heterocycles. The average Bonchev–Trinajstić information content (AvgIpc) is 2.80. The van der Waals surface area contributed by atoms with Gasteiger partial charge in [-0.15, -0.1) is 0 Å². The fourth-order valence-electron chi connectivity index (χ4n) is 3.24. The molecule has 7 nitrogen and oxygen atoms in total. The molecule has 0 aliphatic carbocycles. The Hall–Kier alpha value is -4.26. The average molecular weight is 444 g/mol. The molecule has 33 heavy (non-hydrogen) atoms. The Kier molecular flexibility index (Phi) is 7.03. The van der Waals surface area contributed by atoms with Crippen molar-refractivity contribution in [2.45, 2.75) is 20.8 Å². The van der Waals surface area contributed by atoms with Crippen LogP contribution in [0.4, 0.5) is 5.69 Å². The number of amides is 2. The van der Waals surface area contributed by atoms with E-state index >= 15 is 0 Å². The molecule has 0 atom stereocenters. The maximum Gasteiger partial charge on any atom is 0.256 e. The van der Waals surface area contributed by atoms with E-state index < -0.39 is 23.4 Å². The van der Waals surface area contributed by atoms with Gasteiger partial charge in [0, 0.05) is 23.9 Å². The predicted molar refractivity (Wildman–Crippen MR) is 125 cm³/mol. The number of benzene rings is 3.